The topological polar surface area (TPSA) is 75.3 Å². The number of amides is 1. The largest absolute Gasteiger partial charge is 0.384 e. The van der Waals surface area contributed by atoms with Crippen LogP contribution < -0.4 is 10.6 Å². The van der Waals surface area contributed by atoms with E-state index in [0.717, 1.165) is 25.3 Å². The molecule has 20 heavy (non-hydrogen) atoms. The Labute approximate surface area is 120 Å². The summed E-state index contributed by atoms with van der Waals surface area (Å²) in [5.74, 6) is 2.01. The Kier molecular flexibility index (Phi) is 3.83. The van der Waals surface area contributed by atoms with E-state index in [1.54, 1.807) is 11.0 Å². The van der Waals surface area contributed by atoms with Crippen LogP contribution in [-0.2, 0) is 10.2 Å². The van der Waals surface area contributed by atoms with Gasteiger partial charge in [0.05, 0.1) is 6.54 Å². The second-order valence-corrected chi connectivity index (χ2v) is 6.32. The van der Waals surface area contributed by atoms with Gasteiger partial charge in [-0.2, -0.15) is 0 Å². The number of rotatable bonds is 1. The van der Waals surface area contributed by atoms with E-state index in [4.69, 9.17) is 5.73 Å². The highest BCUT2D eigenvalue weighted by Gasteiger charge is 2.23. The minimum atomic E-state index is -0.170. The monoisotopic (exact) mass is 277 g/mol. The van der Waals surface area contributed by atoms with Crippen molar-refractivity contribution in [2.24, 2.45) is 0 Å². The molecule has 0 radical (unpaired) electrons. The molecule has 1 saturated heterocycles. The molecule has 0 aliphatic carbocycles. The molecule has 0 aromatic carbocycles. The van der Waals surface area contributed by atoms with Gasteiger partial charge in [-0.05, 0) is 6.42 Å². The lowest BCUT2D eigenvalue weighted by Gasteiger charge is -2.24. The molecule has 0 spiro atoms. The van der Waals surface area contributed by atoms with Gasteiger partial charge in [-0.3, -0.25) is 4.79 Å². The smallest absolute Gasteiger partial charge is 0.241 e. The highest BCUT2D eigenvalue weighted by molar-refractivity contribution is 5.81. The first-order valence-electron chi connectivity index (χ1n) is 6.91. The maximum absolute atomic E-state index is 12.0. The summed E-state index contributed by atoms with van der Waals surface area (Å²) < 4.78 is 0. The molecule has 0 atom stereocenters. The summed E-state index contributed by atoms with van der Waals surface area (Å²) in [6.45, 7) is 8.07. The normalized spacial score (nSPS) is 17.3. The molecule has 2 N–H and O–H groups in total. The number of aromatic nitrogens is 2. The van der Waals surface area contributed by atoms with Gasteiger partial charge in [0.15, 0.2) is 0 Å². The zero-order valence-corrected chi connectivity index (χ0v) is 12.7. The molecule has 0 saturated carbocycles. The Balaban J connectivity index is 2.32. The van der Waals surface area contributed by atoms with E-state index in [9.17, 15) is 4.79 Å². The van der Waals surface area contributed by atoms with Crippen molar-refractivity contribution in [2.45, 2.75) is 32.6 Å². The number of carbonyl (C=O) groups is 1. The minimum absolute atomic E-state index is 0.108. The van der Waals surface area contributed by atoms with E-state index in [2.05, 4.69) is 9.97 Å². The summed E-state index contributed by atoms with van der Waals surface area (Å²) in [7, 11) is 1.83. The molecule has 1 aliphatic heterocycles. The van der Waals surface area contributed by atoms with Gasteiger partial charge in [-0.1, -0.05) is 20.8 Å². The average molecular weight is 277 g/mol. The summed E-state index contributed by atoms with van der Waals surface area (Å²) >= 11 is 0. The van der Waals surface area contributed by atoms with Crippen LogP contribution in [0.1, 0.15) is 33.0 Å². The average Bonchev–Trinajstić information content (AvgIpc) is 2.50. The van der Waals surface area contributed by atoms with Crippen LogP contribution in [0.2, 0.25) is 0 Å². The van der Waals surface area contributed by atoms with Crippen molar-refractivity contribution >= 4 is 17.5 Å². The fraction of sp³-hybridized carbons (Fsp3) is 0.643. The van der Waals surface area contributed by atoms with Crippen molar-refractivity contribution in [3.05, 3.63) is 11.9 Å². The SMILES string of the molecule is CN1CCCN(c2cc(N)nc(C(C)(C)C)n2)CC1=O. The number of hydrogen-bond acceptors (Lipinski definition) is 5. The molecule has 0 unspecified atom stereocenters. The van der Waals surface area contributed by atoms with Crippen molar-refractivity contribution in [1.82, 2.24) is 14.9 Å². The lowest BCUT2D eigenvalue weighted by atomic mass is 9.96. The summed E-state index contributed by atoms with van der Waals surface area (Å²) in [4.78, 5) is 24.6. The lowest BCUT2D eigenvalue weighted by Crippen LogP contribution is -2.35. The van der Waals surface area contributed by atoms with Crippen molar-refractivity contribution in [3.8, 4) is 0 Å². The van der Waals surface area contributed by atoms with Crippen LogP contribution in [0, 0.1) is 0 Å². The third-order valence-electron chi connectivity index (χ3n) is 3.40. The van der Waals surface area contributed by atoms with E-state index in [1.807, 2.05) is 32.7 Å². The zero-order chi connectivity index (χ0) is 14.9. The third-order valence-corrected chi connectivity index (χ3v) is 3.40. The third kappa shape index (κ3) is 3.18. The summed E-state index contributed by atoms with van der Waals surface area (Å²) in [6.07, 6.45) is 0.928. The molecule has 1 aromatic rings. The number of nitrogens with zero attached hydrogens (tertiary/aromatic N) is 4. The standard InChI is InChI=1S/C14H23N5O/c1-14(2,3)13-16-10(15)8-11(17-13)19-7-5-6-18(4)12(20)9-19/h8H,5-7,9H2,1-4H3,(H2,15,16,17). The van der Waals surface area contributed by atoms with E-state index in [1.165, 1.54) is 0 Å². The van der Waals surface area contributed by atoms with Gasteiger partial charge < -0.3 is 15.5 Å². The second-order valence-electron chi connectivity index (χ2n) is 6.32. The molecule has 2 heterocycles. The van der Waals surface area contributed by atoms with Crippen molar-refractivity contribution < 1.29 is 4.79 Å². The number of hydrogen-bond donors (Lipinski definition) is 1. The van der Waals surface area contributed by atoms with E-state index >= 15 is 0 Å². The number of nitrogen functional groups attached to an aromatic ring is 1. The van der Waals surface area contributed by atoms with Crippen LogP contribution in [-0.4, -0.2) is 47.5 Å². The molecule has 6 heteroatoms. The Hall–Kier alpha value is -1.85. The Morgan fingerprint density at radius 2 is 1.95 bits per heavy atom. The van der Waals surface area contributed by atoms with E-state index < -0.39 is 0 Å². The molecule has 2 rings (SSSR count). The van der Waals surface area contributed by atoms with Gasteiger partial charge >= 0.3 is 0 Å². The predicted octanol–water partition coefficient (Wildman–Crippen LogP) is 1.02. The maximum Gasteiger partial charge on any atom is 0.241 e. The maximum atomic E-state index is 12.0. The van der Waals surface area contributed by atoms with Gasteiger partial charge in [0, 0.05) is 31.6 Å². The first kappa shape index (κ1) is 14.6. The summed E-state index contributed by atoms with van der Waals surface area (Å²) in [5, 5.41) is 0. The molecule has 1 aliphatic rings. The molecule has 110 valence electrons. The lowest BCUT2D eigenvalue weighted by molar-refractivity contribution is -0.127. The second kappa shape index (κ2) is 5.26. The summed E-state index contributed by atoms with van der Waals surface area (Å²) in [5.41, 5.74) is 5.72. The molecule has 0 bridgehead atoms. The van der Waals surface area contributed by atoms with Crippen LogP contribution in [0.25, 0.3) is 0 Å². The van der Waals surface area contributed by atoms with Crippen molar-refractivity contribution in [1.29, 1.82) is 0 Å². The number of likely N-dealkylation sites (N-methyl/N-ethyl adjacent to an activating group) is 1. The predicted molar refractivity (Wildman–Crippen MR) is 79.6 cm³/mol. The molecule has 1 fully saturated rings. The van der Waals surface area contributed by atoms with E-state index in [0.29, 0.717) is 18.2 Å². The highest BCUT2D eigenvalue weighted by atomic mass is 16.2. The van der Waals surface area contributed by atoms with Crippen LogP contribution in [0.15, 0.2) is 6.07 Å². The van der Waals surface area contributed by atoms with Gasteiger partial charge in [0.25, 0.3) is 0 Å². The van der Waals surface area contributed by atoms with Gasteiger partial charge in [-0.25, -0.2) is 9.97 Å². The fourth-order valence-corrected chi connectivity index (χ4v) is 2.13. The van der Waals surface area contributed by atoms with Gasteiger partial charge in [0.2, 0.25) is 5.91 Å². The number of carbonyl (C=O) groups excluding carboxylic acids is 1. The van der Waals surface area contributed by atoms with Crippen molar-refractivity contribution in [2.75, 3.05) is 37.3 Å². The fourth-order valence-electron chi connectivity index (χ4n) is 2.13. The van der Waals surface area contributed by atoms with Gasteiger partial charge in [-0.15, -0.1) is 0 Å². The Morgan fingerprint density at radius 3 is 2.60 bits per heavy atom. The zero-order valence-electron chi connectivity index (χ0n) is 12.7. The van der Waals surface area contributed by atoms with E-state index in [-0.39, 0.29) is 11.3 Å². The molecule has 6 nitrogen and oxygen atoms in total. The molecular formula is C14H23N5O. The molecular weight excluding hydrogens is 254 g/mol. The molecule has 1 aromatic heterocycles. The Morgan fingerprint density at radius 1 is 1.25 bits per heavy atom. The number of nitrogens with two attached hydrogens (primary N) is 1. The number of anilines is 2. The molecule has 1 amide bonds. The quantitative estimate of drug-likeness (QED) is 0.829. The Bertz CT molecular complexity index is 509. The first-order chi connectivity index (χ1) is 9.27. The first-order valence-corrected chi connectivity index (χ1v) is 6.91. The van der Waals surface area contributed by atoms with Gasteiger partial charge in [0.1, 0.15) is 17.5 Å². The van der Waals surface area contributed by atoms with Crippen LogP contribution in [0.5, 0.6) is 0 Å². The van der Waals surface area contributed by atoms with Crippen LogP contribution in [0.3, 0.4) is 0 Å². The van der Waals surface area contributed by atoms with Crippen LogP contribution >= 0.6 is 0 Å². The highest BCUT2D eigenvalue weighted by Crippen LogP contribution is 2.23. The van der Waals surface area contributed by atoms with Crippen molar-refractivity contribution in [3.63, 3.8) is 0 Å². The minimum Gasteiger partial charge on any atom is -0.384 e. The van der Waals surface area contributed by atoms with Crippen LogP contribution in [0.4, 0.5) is 11.6 Å². The summed E-state index contributed by atoms with van der Waals surface area (Å²) in [6, 6.07) is 1.74.